The molecule has 0 aromatic heterocycles. The zero-order valence-electron chi connectivity index (χ0n) is 12.8. The monoisotopic (exact) mass is 344 g/mol. The van der Waals surface area contributed by atoms with Gasteiger partial charge in [-0.25, -0.2) is 4.79 Å². The minimum Gasteiger partial charge on any atom is -0.390 e. The zero-order chi connectivity index (χ0) is 17.5. The van der Waals surface area contributed by atoms with Gasteiger partial charge in [-0.05, 0) is 42.9 Å². The summed E-state index contributed by atoms with van der Waals surface area (Å²) in [6, 6.07) is 4.03. The number of urea groups is 1. The fourth-order valence-electron chi connectivity index (χ4n) is 3.55. The normalized spacial score (nSPS) is 30.1. The van der Waals surface area contributed by atoms with Gasteiger partial charge in [0.25, 0.3) is 0 Å². The zero-order valence-corrected chi connectivity index (χ0v) is 12.8. The van der Waals surface area contributed by atoms with Gasteiger partial charge in [-0.1, -0.05) is 6.07 Å². The van der Waals surface area contributed by atoms with Crippen LogP contribution in [-0.4, -0.2) is 46.4 Å². The number of alkyl halides is 3. The topological polar surface area (TPSA) is 72.8 Å². The second-order valence-electron chi connectivity index (χ2n) is 6.54. The molecule has 0 radical (unpaired) electrons. The third kappa shape index (κ3) is 3.49. The first kappa shape index (κ1) is 17.0. The number of aliphatic hydroxyl groups is 2. The van der Waals surface area contributed by atoms with E-state index in [4.69, 9.17) is 0 Å². The molecule has 0 spiro atoms. The van der Waals surface area contributed by atoms with Crippen LogP contribution in [0.5, 0.6) is 0 Å². The Kier molecular flexibility index (Phi) is 4.44. The predicted octanol–water partition coefficient (Wildman–Crippen LogP) is 2.30. The van der Waals surface area contributed by atoms with Crippen molar-refractivity contribution in [2.75, 3.05) is 18.4 Å². The molecule has 1 saturated carbocycles. The largest absolute Gasteiger partial charge is 0.416 e. The number of hydrogen-bond acceptors (Lipinski definition) is 3. The molecule has 1 aromatic rings. The molecule has 0 unspecified atom stereocenters. The maximum Gasteiger partial charge on any atom is 0.416 e. The molecule has 1 aromatic carbocycles. The first-order chi connectivity index (χ1) is 11.2. The van der Waals surface area contributed by atoms with Gasteiger partial charge in [0.15, 0.2) is 0 Å². The molecule has 5 nitrogen and oxygen atoms in total. The minimum atomic E-state index is -4.46. The van der Waals surface area contributed by atoms with Crippen LogP contribution in [0, 0.1) is 11.8 Å². The number of hydrogen-bond donors (Lipinski definition) is 3. The van der Waals surface area contributed by atoms with Crippen molar-refractivity contribution in [3.8, 4) is 0 Å². The van der Waals surface area contributed by atoms with E-state index in [1.54, 1.807) is 0 Å². The van der Waals surface area contributed by atoms with Gasteiger partial charge in [0.1, 0.15) is 0 Å². The Labute approximate surface area is 137 Å². The summed E-state index contributed by atoms with van der Waals surface area (Å²) in [5, 5.41) is 21.9. The summed E-state index contributed by atoms with van der Waals surface area (Å²) in [6.07, 6.45) is -5.16. The van der Waals surface area contributed by atoms with Crippen molar-refractivity contribution in [3.05, 3.63) is 29.8 Å². The molecule has 0 bridgehead atoms. The molecule has 1 saturated heterocycles. The van der Waals surface area contributed by atoms with Crippen LogP contribution in [0.15, 0.2) is 24.3 Å². The number of likely N-dealkylation sites (tertiary alicyclic amines) is 1. The van der Waals surface area contributed by atoms with Gasteiger partial charge in [-0.2, -0.15) is 13.2 Å². The summed E-state index contributed by atoms with van der Waals surface area (Å²) in [7, 11) is 0. The van der Waals surface area contributed by atoms with Gasteiger partial charge in [0.05, 0.1) is 17.8 Å². The van der Waals surface area contributed by atoms with E-state index in [0.717, 1.165) is 12.1 Å². The van der Waals surface area contributed by atoms with Gasteiger partial charge in [0.2, 0.25) is 0 Å². The van der Waals surface area contributed by atoms with E-state index in [1.165, 1.54) is 17.0 Å². The van der Waals surface area contributed by atoms with Crippen LogP contribution in [0.2, 0.25) is 0 Å². The molecular weight excluding hydrogens is 325 g/mol. The second-order valence-corrected chi connectivity index (χ2v) is 6.54. The SMILES string of the molecule is O=C(Nc1cccc(C(F)(F)F)c1)N1C[C@H]2C[C@H](O)[C@@H](O)C[C@H]2C1. The molecule has 24 heavy (non-hydrogen) atoms. The van der Waals surface area contributed by atoms with Crippen molar-refractivity contribution in [2.45, 2.75) is 31.2 Å². The van der Waals surface area contributed by atoms with Crippen LogP contribution in [0.4, 0.5) is 23.7 Å². The lowest BCUT2D eigenvalue weighted by molar-refractivity contribution is -0.137. The number of nitrogens with zero attached hydrogens (tertiary/aromatic N) is 1. The number of carbonyl (C=O) groups is 1. The van der Waals surface area contributed by atoms with E-state index in [2.05, 4.69) is 5.32 Å². The van der Waals surface area contributed by atoms with Crippen molar-refractivity contribution >= 4 is 11.7 Å². The van der Waals surface area contributed by atoms with Gasteiger partial charge >= 0.3 is 12.2 Å². The highest BCUT2D eigenvalue weighted by molar-refractivity contribution is 5.89. The standard InChI is InChI=1S/C16H19F3N2O3/c17-16(18,19)11-2-1-3-12(6-11)20-15(24)21-7-9-4-13(22)14(23)5-10(9)8-21/h1-3,6,9-10,13-14,22-23H,4-5,7-8H2,(H,20,24)/t9-,10+,13-,14-/m0/s1. The van der Waals surface area contributed by atoms with E-state index < -0.39 is 30.0 Å². The van der Waals surface area contributed by atoms with Gasteiger partial charge < -0.3 is 20.4 Å². The number of rotatable bonds is 1. The Morgan fingerprint density at radius 2 is 1.71 bits per heavy atom. The number of amides is 2. The first-order valence-electron chi connectivity index (χ1n) is 7.83. The molecule has 3 N–H and O–H groups in total. The molecule has 4 atom stereocenters. The fourth-order valence-corrected chi connectivity index (χ4v) is 3.55. The lowest BCUT2D eigenvalue weighted by atomic mass is 9.79. The van der Waals surface area contributed by atoms with Crippen molar-refractivity contribution in [1.82, 2.24) is 4.90 Å². The first-order valence-corrected chi connectivity index (χ1v) is 7.83. The highest BCUT2D eigenvalue weighted by Gasteiger charge is 2.42. The third-order valence-corrected chi connectivity index (χ3v) is 4.84. The van der Waals surface area contributed by atoms with Crippen molar-refractivity contribution < 1.29 is 28.2 Å². The van der Waals surface area contributed by atoms with Crippen LogP contribution in [-0.2, 0) is 6.18 Å². The third-order valence-electron chi connectivity index (χ3n) is 4.84. The lowest BCUT2D eigenvalue weighted by Crippen LogP contribution is -2.38. The Balaban J connectivity index is 1.64. The van der Waals surface area contributed by atoms with Crippen LogP contribution < -0.4 is 5.32 Å². The number of benzene rings is 1. The maximum absolute atomic E-state index is 12.7. The Morgan fingerprint density at radius 1 is 1.12 bits per heavy atom. The van der Waals surface area contributed by atoms with E-state index in [-0.39, 0.29) is 17.5 Å². The molecule has 1 aliphatic carbocycles. The summed E-state index contributed by atoms with van der Waals surface area (Å²) in [5.41, 5.74) is -0.730. The average Bonchev–Trinajstić information content (AvgIpc) is 2.90. The Morgan fingerprint density at radius 3 is 2.25 bits per heavy atom. The molecule has 132 valence electrons. The maximum atomic E-state index is 12.7. The average molecular weight is 344 g/mol. The number of aliphatic hydroxyl groups excluding tert-OH is 2. The molecule has 1 aliphatic heterocycles. The number of carbonyl (C=O) groups excluding carboxylic acids is 1. The van der Waals surface area contributed by atoms with E-state index in [0.29, 0.717) is 25.9 Å². The van der Waals surface area contributed by atoms with Crippen molar-refractivity contribution in [1.29, 1.82) is 0 Å². The fraction of sp³-hybridized carbons (Fsp3) is 0.562. The summed E-state index contributed by atoms with van der Waals surface area (Å²) >= 11 is 0. The van der Waals surface area contributed by atoms with Gasteiger partial charge in [0, 0.05) is 18.8 Å². The van der Waals surface area contributed by atoms with Crippen molar-refractivity contribution in [2.24, 2.45) is 11.8 Å². The summed E-state index contributed by atoms with van der Waals surface area (Å²) in [5.74, 6) is 0.214. The highest BCUT2D eigenvalue weighted by Crippen LogP contribution is 2.37. The van der Waals surface area contributed by atoms with Crippen molar-refractivity contribution in [3.63, 3.8) is 0 Å². The number of halogens is 3. The molecule has 1 heterocycles. The highest BCUT2D eigenvalue weighted by atomic mass is 19.4. The lowest BCUT2D eigenvalue weighted by Gasteiger charge is -2.31. The number of fused-ring (bicyclic) bond motifs is 1. The minimum absolute atomic E-state index is 0.0877. The summed E-state index contributed by atoms with van der Waals surface area (Å²) in [4.78, 5) is 13.8. The van der Waals surface area contributed by atoms with E-state index >= 15 is 0 Å². The van der Waals surface area contributed by atoms with Crippen LogP contribution in [0.3, 0.4) is 0 Å². The summed E-state index contributed by atoms with van der Waals surface area (Å²) < 4.78 is 38.1. The second kappa shape index (κ2) is 6.25. The molecular formula is C16H19F3N2O3. The Bertz CT molecular complexity index is 605. The van der Waals surface area contributed by atoms with Gasteiger partial charge in [-0.15, -0.1) is 0 Å². The van der Waals surface area contributed by atoms with E-state index in [9.17, 15) is 28.2 Å². The van der Waals surface area contributed by atoms with E-state index in [1.807, 2.05) is 0 Å². The van der Waals surface area contributed by atoms with Crippen LogP contribution in [0.25, 0.3) is 0 Å². The van der Waals surface area contributed by atoms with Gasteiger partial charge in [-0.3, -0.25) is 0 Å². The number of nitrogens with one attached hydrogen (secondary N) is 1. The van der Waals surface area contributed by atoms with Crippen LogP contribution >= 0.6 is 0 Å². The Hall–Kier alpha value is -1.80. The molecule has 2 amide bonds. The number of anilines is 1. The summed E-state index contributed by atoms with van der Waals surface area (Å²) in [6.45, 7) is 0.860. The molecule has 3 rings (SSSR count). The quantitative estimate of drug-likeness (QED) is 0.732. The van der Waals surface area contributed by atoms with Crippen LogP contribution in [0.1, 0.15) is 18.4 Å². The molecule has 8 heteroatoms. The molecule has 2 fully saturated rings. The predicted molar refractivity (Wildman–Crippen MR) is 80.3 cm³/mol. The smallest absolute Gasteiger partial charge is 0.390 e. The molecule has 2 aliphatic rings.